The molecule has 0 aromatic carbocycles. The van der Waals surface area contributed by atoms with Crippen molar-refractivity contribution >= 4 is 17.2 Å². The van der Waals surface area contributed by atoms with Gasteiger partial charge < -0.3 is 11.1 Å². The van der Waals surface area contributed by atoms with Crippen molar-refractivity contribution in [3.05, 3.63) is 32.2 Å². The average Bonchev–Trinajstić information content (AvgIpc) is 3.02. The molecule has 0 aliphatic heterocycles. The van der Waals surface area contributed by atoms with E-state index in [0.717, 1.165) is 30.5 Å². The minimum absolute atomic E-state index is 0.110. The molecule has 0 radical (unpaired) electrons. The summed E-state index contributed by atoms with van der Waals surface area (Å²) in [5.41, 5.74) is 8.42. The lowest BCUT2D eigenvalue weighted by Crippen LogP contribution is -2.44. The Morgan fingerprint density at radius 1 is 1.26 bits per heavy atom. The molecule has 2 aromatic heterocycles. The Hall–Kier alpha value is -2.06. The minimum Gasteiger partial charge on any atom is -0.348 e. The number of nitrogens with two attached hydrogens (primary N) is 1. The summed E-state index contributed by atoms with van der Waals surface area (Å²) in [5, 5.41) is 7.93. The van der Waals surface area contributed by atoms with Gasteiger partial charge in [-0.15, -0.1) is 11.3 Å². The summed E-state index contributed by atoms with van der Waals surface area (Å²) in [6.07, 6.45) is 4.29. The van der Waals surface area contributed by atoms with Crippen LogP contribution >= 0.6 is 11.3 Å². The number of hydrogen-bond acceptors (Lipinski definition) is 6. The van der Waals surface area contributed by atoms with Gasteiger partial charge in [0, 0.05) is 13.1 Å². The number of thiazole rings is 1. The number of aryl methyl sites for hydroxylation is 3. The van der Waals surface area contributed by atoms with Crippen molar-refractivity contribution in [1.29, 1.82) is 0 Å². The van der Waals surface area contributed by atoms with Gasteiger partial charge in [-0.25, -0.2) is 9.67 Å². The number of aromatic nitrogens is 3. The van der Waals surface area contributed by atoms with Gasteiger partial charge in [0.25, 0.3) is 11.5 Å². The van der Waals surface area contributed by atoms with Crippen LogP contribution in [-0.4, -0.2) is 33.3 Å². The number of amides is 1. The molecular formula is C19H27N5O2S. The zero-order valence-electron chi connectivity index (χ0n) is 16.3. The summed E-state index contributed by atoms with van der Waals surface area (Å²) in [5.74, 6) is 0.203. The van der Waals surface area contributed by atoms with Crippen LogP contribution in [0.2, 0.25) is 0 Å². The molecule has 7 nitrogen and oxygen atoms in total. The minimum atomic E-state index is -0.200. The highest BCUT2D eigenvalue weighted by Crippen LogP contribution is 2.29. The van der Waals surface area contributed by atoms with Crippen LogP contribution in [0.3, 0.4) is 0 Å². The summed E-state index contributed by atoms with van der Waals surface area (Å²) in [4.78, 5) is 30.5. The van der Waals surface area contributed by atoms with Gasteiger partial charge in [0.1, 0.15) is 9.88 Å². The van der Waals surface area contributed by atoms with Crippen LogP contribution < -0.4 is 16.6 Å². The molecule has 27 heavy (non-hydrogen) atoms. The van der Waals surface area contributed by atoms with E-state index < -0.39 is 0 Å². The lowest BCUT2D eigenvalue weighted by molar-refractivity contribution is 0.0911. The van der Waals surface area contributed by atoms with Gasteiger partial charge in [0.2, 0.25) is 0 Å². The molecule has 1 amide bonds. The van der Waals surface area contributed by atoms with E-state index in [1.54, 1.807) is 7.05 Å². The van der Waals surface area contributed by atoms with Gasteiger partial charge in [-0.2, -0.15) is 5.10 Å². The number of hydrogen-bond donors (Lipinski definition) is 2. The Kier molecular flexibility index (Phi) is 5.76. The van der Waals surface area contributed by atoms with E-state index in [4.69, 9.17) is 5.73 Å². The Labute approximate surface area is 163 Å². The third-order valence-electron chi connectivity index (χ3n) is 5.47. The van der Waals surface area contributed by atoms with Gasteiger partial charge in [0.05, 0.1) is 17.0 Å². The number of carbonyl (C=O) groups excluding carboxylic acids is 1. The Bertz CT molecular complexity index is 918. The Morgan fingerprint density at radius 3 is 2.67 bits per heavy atom. The van der Waals surface area contributed by atoms with Crippen molar-refractivity contribution in [1.82, 2.24) is 20.1 Å². The van der Waals surface area contributed by atoms with E-state index in [9.17, 15) is 9.59 Å². The Balaban J connectivity index is 1.91. The second-order valence-electron chi connectivity index (χ2n) is 7.31. The summed E-state index contributed by atoms with van der Waals surface area (Å²) in [6, 6.07) is 0.110. The standard InChI is InChI=1S/C19H27N5O2S/c1-10-11(2)23-24(4)19(26)15(10)18-21-12(3)16(27-18)17(25)22-14-8-6-5-7-13(14)9-20/h13-14H,5-9,20H2,1-4H3,(H,22,25). The van der Waals surface area contributed by atoms with Crippen molar-refractivity contribution in [3.8, 4) is 10.6 Å². The second-order valence-corrected chi connectivity index (χ2v) is 8.31. The van der Waals surface area contributed by atoms with Gasteiger partial charge in [-0.05, 0) is 51.6 Å². The van der Waals surface area contributed by atoms with E-state index >= 15 is 0 Å². The predicted octanol–water partition coefficient (Wildman–Crippen LogP) is 2.08. The van der Waals surface area contributed by atoms with Crippen LogP contribution in [-0.2, 0) is 7.05 Å². The molecule has 0 saturated heterocycles. The number of nitrogens with zero attached hydrogens (tertiary/aromatic N) is 3. The van der Waals surface area contributed by atoms with Crippen LogP contribution in [0.15, 0.2) is 4.79 Å². The quantitative estimate of drug-likeness (QED) is 0.833. The molecule has 2 aromatic rings. The molecule has 1 aliphatic carbocycles. The molecule has 1 fully saturated rings. The number of rotatable bonds is 4. The van der Waals surface area contributed by atoms with Crippen LogP contribution in [0.1, 0.15) is 52.3 Å². The fourth-order valence-corrected chi connectivity index (χ4v) is 4.79. The molecule has 1 saturated carbocycles. The average molecular weight is 390 g/mol. The van der Waals surface area contributed by atoms with Crippen LogP contribution in [0.4, 0.5) is 0 Å². The highest BCUT2D eigenvalue weighted by atomic mass is 32.1. The van der Waals surface area contributed by atoms with Crippen molar-refractivity contribution in [2.24, 2.45) is 18.7 Å². The first-order valence-electron chi connectivity index (χ1n) is 9.36. The van der Waals surface area contributed by atoms with Gasteiger partial charge in [-0.1, -0.05) is 12.8 Å². The second kappa shape index (κ2) is 7.90. The largest absolute Gasteiger partial charge is 0.348 e. The maximum atomic E-state index is 12.9. The number of carbonyl (C=O) groups is 1. The monoisotopic (exact) mass is 389 g/mol. The highest BCUT2D eigenvalue weighted by Gasteiger charge is 2.27. The lowest BCUT2D eigenvalue weighted by atomic mass is 9.84. The number of nitrogens with one attached hydrogen (secondary N) is 1. The Morgan fingerprint density at radius 2 is 1.96 bits per heavy atom. The first kappa shape index (κ1) is 19.7. The molecule has 8 heteroatoms. The van der Waals surface area contributed by atoms with Crippen molar-refractivity contribution in [2.45, 2.75) is 52.5 Å². The lowest BCUT2D eigenvalue weighted by Gasteiger charge is -2.31. The third-order valence-corrected chi connectivity index (χ3v) is 6.64. The normalized spacial score (nSPS) is 19.9. The van der Waals surface area contributed by atoms with Crippen LogP contribution in [0.25, 0.3) is 10.6 Å². The molecule has 2 atom stereocenters. The third kappa shape index (κ3) is 3.82. The summed E-state index contributed by atoms with van der Waals surface area (Å²) in [6.45, 7) is 6.12. The summed E-state index contributed by atoms with van der Waals surface area (Å²) >= 11 is 1.27. The zero-order chi connectivity index (χ0) is 19.7. The summed E-state index contributed by atoms with van der Waals surface area (Å²) < 4.78 is 1.32. The van der Waals surface area contributed by atoms with Crippen molar-refractivity contribution in [3.63, 3.8) is 0 Å². The SMILES string of the molecule is Cc1nc(-c2c(C)c(C)nn(C)c2=O)sc1C(=O)NC1CCCCC1CN. The van der Waals surface area contributed by atoms with E-state index in [0.29, 0.717) is 33.6 Å². The maximum absolute atomic E-state index is 12.9. The molecule has 0 bridgehead atoms. The first-order chi connectivity index (χ1) is 12.8. The highest BCUT2D eigenvalue weighted by molar-refractivity contribution is 7.17. The molecular weight excluding hydrogens is 362 g/mol. The molecule has 2 heterocycles. The smallest absolute Gasteiger partial charge is 0.277 e. The maximum Gasteiger partial charge on any atom is 0.277 e. The van der Waals surface area contributed by atoms with Crippen LogP contribution in [0, 0.1) is 26.7 Å². The fourth-order valence-electron chi connectivity index (χ4n) is 3.73. The summed E-state index contributed by atoms with van der Waals surface area (Å²) in [7, 11) is 1.63. The van der Waals surface area contributed by atoms with Gasteiger partial charge in [-0.3, -0.25) is 9.59 Å². The topological polar surface area (TPSA) is 103 Å². The molecule has 0 spiro atoms. The molecule has 2 unspecified atom stereocenters. The van der Waals surface area contributed by atoms with E-state index in [-0.39, 0.29) is 17.5 Å². The molecule has 146 valence electrons. The predicted molar refractivity (Wildman–Crippen MR) is 107 cm³/mol. The van der Waals surface area contributed by atoms with E-state index in [1.165, 1.54) is 22.4 Å². The zero-order valence-corrected chi connectivity index (χ0v) is 17.2. The van der Waals surface area contributed by atoms with Crippen molar-refractivity contribution < 1.29 is 4.79 Å². The van der Waals surface area contributed by atoms with Crippen LogP contribution in [0.5, 0.6) is 0 Å². The van der Waals surface area contributed by atoms with E-state index in [1.807, 2.05) is 20.8 Å². The van der Waals surface area contributed by atoms with Gasteiger partial charge >= 0.3 is 0 Å². The molecule has 3 rings (SSSR count). The first-order valence-corrected chi connectivity index (χ1v) is 10.2. The molecule has 3 N–H and O–H groups in total. The van der Waals surface area contributed by atoms with Gasteiger partial charge in [0.15, 0.2) is 0 Å². The van der Waals surface area contributed by atoms with E-state index in [2.05, 4.69) is 15.4 Å². The molecule has 1 aliphatic rings. The van der Waals surface area contributed by atoms with Crippen molar-refractivity contribution in [2.75, 3.05) is 6.54 Å². The fraction of sp³-hybridized carbons (Fsp3) is 0.579.